The van der Waals surface area contributed by atoms with Crippen LogP contribution in [0, 0.1) is 13.8 Å². The van der Waals surface area contributed by atoms with E-state index in [0.29, 0.717) is 16.5 Å². The number of thiazole rings is 1. The number of amides is 1. The first-order valence-corrected chi connectivity index (χ1v) is 12.1. The summed E-state index contributed by atoms with van der Waals surface area (Å²) in [6.07, 6.45) is 3.59. The largest absolute Gasteiger partial charge is 0.431 e. The minimum atomic E-state index is -0.207. The van der Waals surface area contributed by atoms with Gasteiger partial charge in [0.15, 0.2) is 0 Å². The third-order valence-electron chi connectivity index (χ3n) is 5.64. The van der Waals surface area contributed by atoms with E-state index in [1.807, 2.05) is 87.6 Å². The highest BCUT2D eigenvalue weighted by Gasteiger charge is 2.16. The fourth-order valence-electron chi connectivity index (χ4n) is 3.67. The number of para-hydroxylation sites is 1. The number of hydrogen-bond donors (Lipinski definition) is 1. The first-order chi connectivity index (χ1) is 16.9. The van der Waals surface area contributed by atoms with Crippen LogP contribution in [0.2, 0.25) is 0 Å². The minimum absolute atomic E-state index is 0.203. The molecule has 0 saturated carbocycles. The molecule has 3 aromatic heterocycles. The predicted molar refractivity (Wildman–Crippen MR) is 139 cm³/mol. The van der Waals surface area contributed by atoms with Crippen molar-refractivity contribution in [3.63, 3.8) is 0 Å². The van der Waals surface area contributed by atoms with Crippen molar-refractivity contribution in [1.29, 1.82) is 0 Å². The van der Waals surface area contributed by atoms with Crippen LogP contribution in [-0.2, 0) is 0 Å². The van der Waals surface area contributed by atoms with Gasteiger partial charge < -0.3 is 10.1 Å². The molecule has 174 valence electrons. The number of carbonyl (C=O) groups excluding carboxylic acids is 1. The lowest BCUT2D eigenvalue weighted by Gasteiger charge is -2.15. The zero-order valence-electron chi connectivity index (χ0n) is 19.6. The SMILES string of the molecule is Cc1ccc(-c2cc(Oc3nc4ccccc4s3)cc(C(=O)NC(C)c3ccc(C)nc3)c2)nc1. The van der Waals surface area contributed by atoms with Gasteiger partial charge in [-0.2, -0.15) is 0 Å². The van der Waals surface area contributed by atoms with Gasteiger partial charge in [0.1, 0.15) is 5.75 Å². The quantitative estimate of drug-likeness (QED) is 0.294. The van der Waals surface area contributed by atoms with Gasteiger partial charge in [-0.25, -0.2) is 4.98 Å². The van der Waals surface area contributed by atoms with Crippen LogP contribution in [0.3, 0.4) is 0 Å². The second-order valence-electron chi connectivity index (χ2n) is 8.44. The summed E-state index contributed by atoms with van der Waals surface area (Å²) < 4.78 is 7.17. The molecule has 5 aromatic rings. The lowest BCUT2D eigenvalue weighted by atomic mass is 10.0. The zero-order valence-corrected chi connectivity index (χ0v) is 20.5. The normalized spacial score (nSPS) is 11.9. The number of nitrogens with zero attached hydrogens (tertiary/aromatic N) is 3. The van der Waals surface area contributed by atoms with Crippen LogP contribution in [0.4, 0.5) is 0 Å². The van der Waals surface area contributed by atoms with Crippen molar-refractivity contribution >= 4 is 27.5 Å². The van der Waals surface area contributed by atoms with E-state index in [1.54, 1.807) is 12.3 Å². The van der Waals surface area contributed by atoms with Gasteiger partial charge in [-0.1, -0.05) is 35.6 Å². The number of benzene rings is 2. The first-order valence-electron chi connectivity index (χ1n) is 11.3. The lowest BCUT2D eigenvalue weighted by molar-refractivity contribution is 0.0939. The van der Waals surface area contributed by atoms with Gasteiger partial charge in [-0.15, -0.1) is 0 Å². The third kappa shape index (κ3) is 5.20. The molecule has 35 heavy (non-hydrogen) atoms. The number of rotatable bonds is 6. The Kier molecular flexibility index (Phi) is 6.25. The molecule has 1 amide bonds. The highest BCUT2D eigenvalue weighted by molar-refractivity contribution is 7.20. The fraction of sp³-hybridized carbons (Fsp3) is 0.143. The van der Waals surface area contributed by atoms with E-state index in [2.05, 4.69) is 20.3 Å². The van der Waals surface area contributed by atoms with Gasteiger partial charge in [0.2, 0.25) is 0 Å². The van der Waals surface area contributed by atoms with E-state index in [0.717, 1.165) is 38.3 Å². The van der Waals surface area contributed by atoms with Crippen molar-refractivity contribution < 1.29 is 9.53 Å². The second-order valence-corrected chi connectivity index (χ2v) is 9.44. The van der Waals surface area contributed by atoms with E-state index in [4.69, 9.17) is 4.74 Å². The third-order valence-corrected chi connectivity index (χ3v) is 6.55. The minimum Gasteiger partial charge on any atom is -0.431 e. The molecule has 0 aliphatic heterocycles. The molecule has 1 N–H and O–H groups in total. The van der Waals surface area contributed by atoms with Crippen molar-refractivity contribution in [3.8, 4) is 22.2 Å². The van der Waals surface area contributed by atoms with Crippen molar-refractivity contribution in [2.24, 2.45) is 0 Å². The topological polar surface area (TPSA) is 77.0 Å². The molecule has 0 saturated heterocycles. The Balaban J connectivity index is 1.47. The standard InChI is InChI=1S/C28H24N4O2S/c1-17-8-11-24(30-15-17)21-12-22(27(33)31-19(3)20-10-9-18(2)29-16-20)14-23(13-21)34-28-32-25-6-4-5-7-26(25)35-28/h4-16,19H,1-3H3,(H,31,33). The van der Waals surface area contributed by atoms with Crippen molar-refractivity contribution in [2.45, 2.75) is 26.8 Å². The summed E-state index contributed by atoms with van der Waals surface area (Å²) >= 11 is 1.46. The number of nitrogens with one attached hydrogen (secondary N) is 1. The summed E-state index contributed by atoms with van der Waals surface area (Å²) in [7, 11) is 0. The van der Waals surface area contributed by atoms with Crippen LogP contribution >= 0.6 is 11.3 Å². The smallest absolute Gasteiger partial charge is 0.279 e. The molecule has 3 heterocycles. The van der Waals surface area contributed by atoms with E-state index in [-0.39, 0.29) is 11.9 Å². The summed E-state index contributed by atoms with van der Waals surface area (Å²) in [4.78, 5) is 26.7. The highest BCUT2D eigenvalue weighted by atomic mass is 32.1. The number of aromatic nitrogens is 3. The van der Waals surface area contributed by atoms with Gasteiger partial charge in [-0.3, -0.25) is 14.8 Å². The van der Waals surface area contributed by atoms with Gasteiger partial charge in [0.25, 0.3) is 11.1 Å². The van der Waals surface area contributed by atoms with Crippen LogP contribution in [-0.4, -0.2) is 20.9 Å². The van der Waals surface area contributed by atoms with E-state index in [9.17, 15) is 4.79 Å². The zero-order chi connectivity index (χ0) is 24.4. The molecule has 0 bridgehead atoms. The van der Waals surface area contributed by atoms with Crippen LogP contribution in [0.25, 0.3) is 21.5 Å². The average Bonchev–Trinajstić information content (AvgIpc) is 3.27. The van der Waals surface area contributed by atoms with Crippen LogP contribution < -0.4 is 10.1 Å². The molecule has 1 unspecified atom stereocenters. The average molecular weight is 481 g/mol. The van der Waals surface area contributed by atoms with Crippen molar-refractivity contribution in [2.75, 3.05) is 0 Å². The summed E-state index contributed by atoms with van der Waals surface area (Å²) in [6, 6.07) is 21.0. The van der Waals surface area contributed by atoms with Crippen LogP contribution in [0.1, 0.15) is 40.1 Å². The molecule has 0 fully saturated rings. The van der Waals surface area contributed by atoms with Gasteiger partial charge >= 0.3 is 0 Å². The molecule has 0 spiro atoms. The van der Waals surface area contributed by atoms with Crippen molar-refractivity contribution in [1.82, 2.24) is 20.3 Å². The number of hydrogen-bond acceptors (Lipinski definition) is 6. The molecule has 2 aromatic carbocycles. The van der Waals surface area contributed by atoms with Gasteiger partial charge in [0, 0.05) is 29.2 Å². The Hall–Kier alpha value is -4.10. The molecular formula is C28H24N4O2S. The van der Waals surface area contributed by atoms with E-state index in [1.165, 1.54) is 11.3 Å². The molecule has 0 radical (unpaired) electrons. The highest BCUT2D eigenvalue weighted by Crippen LogP contribution is 2.33. The first kappa shape index (κ1) is 22.7. The maximum absolute atomic E-state index is 13.3. The summed E-state index contributed by atoms with van der Waals surface area (Å²) in [6.45, 7) is 5.86. The molecular weight excluding hydrogens is 456 g/mol. The number of ether oxygens (including phenoxy) is 1. The van der Waals surface area contributed by atoms with E-state index >= 15 is 0 Å². The van der Waals surface area contributed by atoms with E-state index < -0.39 is 0 Å². The maximum atomic E-state index is 13.3. The van der Waals surface area contributed by atoms with Crippen LogP contribution in [0.15, 0.2) is 79.1 Å². The molecule has 6 nitrogen and oxygen atoms in total. The molecule has 1 atom stereocenters. The monoisotopic (exact) mass is 480 g/mol. The van der Waals surface area contributed by atoms with Gasteiger partial charge in [-0.05, 0) is 74.4 Å². The Morgan fingerprint density at radius 2 is 1.83 bits per heavy atom. The number of pyridine rings is 2. The van der Waals surface area contributed by atoms with Crippen molar-refractivity contribution in [3.05, 3.63) is 102 Å². The maximum Gasteiger partial charge on any atom is 0.279 e. The Labute approximate surface area is 207 Å². The van der Waals surface area contributed by atoms with Gasteiger partial charge in [0.05, 0.1) is 22.0 Å². The fourth-order valence-corrected chi connectivity index (χ4v) is 4.50. The Morgan fingerprint density at radius 3 is 2.57 bits per heavy atom. The molecule has 7 heteroatoms. The molecule has 0 aliphatic carbocycles. The summed E-state index contributed by atoms with van der Waals surface area (Å²) in [5.41, 5.74) is 5.84. The number of fused-ring (bicyclic) bond motifs is 1. The predicted octanol–water partition coefficient (Wildman–Crippen LogP) is 6.65. The summed E-state index contributed by atoms with van der Waals surface area (Å²) in [5, 5.41) is 3.58. The molecule has 0 aliphatic rings. The second kappa shape index (κ2) is 9.64. The Morgan fingerprint density at radius 1 is 0.971 bits per heavy atom. The number of carbonyl (C=O) groups is 1. The van der Waals surface area contributed by atoms with Crippen LogP contribution in [0.5, 0.6) is 10.9 Å². The molecule has 5 rings (SSSR count). The Bertz CT molecular complexity index is 1460. The number of aryl methyl sites for hydroxylation is 2. The lowest BCUT2D eigenvalue weighted by Crippen LogP contribution is -2.26. The summed E-state index contributed by atoms with van der Waals surface area (Å²) in [5.74, 6) is 0.319.